The van der Waals surface area contributed by atoms with E-state index in [-0.39, 0.29) is 21.5 Å². The Bertz CT molecular complexity index is 602. The van der Waals surface area contributed by atoms with Gasteiger partial charge in [0.25, 0.3) is 0 Å². The van der Waals surface area contributed by atoms with Crippen molar-refractivity contribution in [3.63, 3.8) is 0 Å². The molecule has 1 aromatic rings. The highest BCUT2D eigenvalue weighted by molar-refractivity contribution is 7.89. The Labute approximate surface area is 124 Å². The molecule has 0 saturated heterocycles. The maximum atomic E-state index is 13.5. The summed E-state index contributed by atoms with van der Waals surface area (Å²) < 4.78 is 40.1. The Hall–Kier alpha value is -1.05. The average molecular weight is 318 g/mol. The summed E-state index contributed by atoms with van der Waals surface area (Å²) in [5.41, 5.74) is 5.35. The summed E-state index contributed by atoms with van der Waals surface area (Å²) >= 11 is 4.73. The van der Waals surface area contributed by atoms with Gasteiger partial charge in [-0.3, -0.25) is 0 Å². The molecule has 1 atom stereocenters. The Morgan fingerprint density at radius 3 is 2.50 bits per heavy atom. The van der Waals surface area contributed by atoms with Crippen LogP contribution in [-0.2, 0) is 10.0 Å². The maximum absolute atomic E-state index is 13.5. The molecule has 20 heavy (non-hydrogen) atoms. The van der Waals surface area contributed by atoms with Crippen molar-refractivity contribution < 1.29 is 12.8 Å². The fourth-order valence-corrected chi connectivity index (χ4v) is 3.81. The molecule has 0 fully saturated rings. The van der Waals surface area contributed by atoms with Gasteiger partial charge in [-0.25, -0.2) is 12.8 Å². The van der Waals surface area contributed by atoms with Crippen LogP contribution in [0.25, 0.3) is 0 Å². The Morgan fingerprint density at radius 1 is 1.45 bits per heavy atom. The molecule has 0 heterocycles. The molecule has 0 saturated carbocycles. The van der Waals surface area contributed by atoms with Gasteiger partial charge in [0.1, 0.15) is 10.8 Å². The molecule has 0 aliphatic heterocycles. The molecule has 0 amide bonds. The molecule has 1 aromatic carbocycles. The Kier molecular flexibility index (Phi) is 5.61. The van der Waals surface area contributed by atoms with E-state index in [1.807, 2.05) is 13.8 Å². The van der Waals surface area contributed by atoms with Crippen molar-refractivity contribution in [2.45, 2.75) is 38.1 Å². The van der Waals surface area contributed by atoms with Gasteiger partial charge in [0, 0.05) is 18.2 Å². The second-order valence-corrected chi connectivity index (χ2v) is 6.80. The fraction of sp³-hybridized carbons (Fsp3) is 0.462. The quantitative estimate of drug-likeness (QED) is 0.817. The summed E-state index contributed by atoms with van der Waals surface area (Å²) in [6.45, 7) is 5.85. The van der Waals surface area contributed by atoms with Crippen LogP contribution < -0.4 is 5.73 Å². The van der Waals surface area contributed by atoms with Gasteiger partial charge in [-0.15, -0.1) is 0 Å². The lowest BCUT2D eigenvalue weighted by molar-refractivity contribution is 0.342. The maximum Gasteiger partial charge on any atom is 0.243 e. The van der Waals surface area contributed by atoms with Crippen LogP contribution >= 0.6 is 12.2 Å². The first-order valence-corrected chi connectivity index (χ1v) is 8.21. The number of nitrogens with two attached hydrogens (primary N) is 1. The first kappa shape index (κ1) is 17.0. The van der Waals surface area contributed by atoms with E-state index in [2.05, 4.69) is 0 Å². The van der Waals surface area contributed by atoms with E-state index in [4.69, 9.17) is 18.0 Å². The van der Waals surface area contributed by atoms with Crippen molar-refractivity contribution in [2.75, 3.05) is 6.54 Å². The Morgan fingerprint density at radius 2 is 2.05 bits per heavy atom. The summed E-state index contributed by atoms with van der Waals surface area (Å²) in [5, 5.41) is 0. The normalized spacial score (nSPS) is 13.4. The molecule has 112 valence electrons. The van der Waals surface area contributed by atoms with Crippen molar-refractivity contribution in [3.05, 3.63) is 29.6 Å². The van der Waals surface area contributed by atoms with Crippen molar-refractivity contribution in [1.82, 2.24) is 4.31 Å². The van der Waals surface area contributed by atoms with Crippen molar-refractivity contribution in [1.29, 1.82) is 0 Å². The van der Waals surface area contributed by atoms with Crippen LogP contribution in [0.5, 0.6) is 0 Å². The van der Waals surface area contributed by atoms with Gasteiger partial charge in [-0.2, -0.15) is 4.31 Å². The van der Waals surface area contributed by atoms with Crippen LogP contribution in [0.4, 0.5) is 4.39 Å². The molecule has 0 aliphatic carbocycles. The third-order valence-corrected chi connectivity index (χ3v) is 5.51. The van der Waals surface area contributed by atoms with Gasteiger partial charge >= 0.3 is 0 Å². The van der Waals surface area contributed by atoms with E-state index in [0.29, 0.717) is 13.0 Å². The highest BCUT2D eigenvalue weighted by Gasteiger charge is 2.27. The fourth-order valence-electron chi connectivity index (χ4n) is 1.91. The lowest BCUT2D eigenvalue weighted by Gasteiger charge is -2.26. The second-order valence-electron chi connectivity index (χ2n) is 4.47. The lowest BCUT2D eigenvalue weighted by atomic mass is 10.2. The van der Waals surface area contributed by atoms with Gasteiger partial charge in [-0.05, 0) is 31.5 Å². The summed E-state index contributed by atoms with van der Waals surface area (Å²) in [6, 6.07) is 3.37. The molecule has 0 radical (unpaired) electrons. The topological polar surface area (TPSA) is 63.4 Å². The standard InChI is InChI=1S/C13H19FN2O2S2/c1-4-9(3)16(5-2)20(17,18)10-6-7-12(14)11(8-10)13(15)19/h6-9H,4-5H2,1-3H3,(H2,15,19). The van der Waals surface area contributed by atoms with Crippen LogP contribution in [0.3, 0.4) is 0 Å². The molecule has 0 aliphatic rings. The molecule has 1 rings (SSSR count). The third-order valence-electron chi connectivity index (χ3n) is 3.20. The van der Waals surface area contributed by atoms with E-state index in [1.54, 1.807) is 6.92 Å². The van der Waals surface area contributed by atoms with Crippen molar-refractivity contribution in [2.24, 2.45) is 5.73 Å². The van der Waals surface area contributed by atoms with Crippen molar-refractivity contribution in [3.8, 4) is 0 Å². The molecule has 7 heteroatoms. The second kappa shape index (κ2) is 6.60. The number of rotatable bonds is 6. The van der Waals surface area contributed by atoms with Crippen LogP contribution in [-0.4, -0.2) is 30.3 Å². The van der Waals surface area contributed by atoms with E-state index in [1.165, 1.54) is 16.4 Å². The molecule has 0 bridgehead atoms. The monoisotopic (exact) mass is 318 g/mol. The summed E-state index contributed by atoms with van der Waals surface area (Å²) in [4.78, 5) is -0.157. The smallest absolute Gasteiger partial charge is 0.243 e. The predicted octanol–water partition coefficient (Wildman–Crippen LogP) is 2.27. The van der Waals surface area contributed by atoms with Crippen LogP contribution in [0, 0.1) is 5.82 Å². The number of hydrogen-bond acceptors (Lipinski definition) is 3. The largest absolute Gasteiger partial charge is 0.389 e. The van der Waals surface area contributed by atoms with E-state index in [9.17, 15) is 12.8 Å². The van der Waals surface area contributed by atoms with Gasteiger partial charge in [0.2, 0.25) is 10.0 Å². The van der Waals surface area contributed by atoms with Gasteiger partial charge in [0.05, 0.1) is 4.90 Å². The van der Waals surface area contributed by atoms with Crippen molar-refractivity contribution >= 4 is 27.2 Å². The number of sulfonamides is 1. The zero-order chi connectivity index (χ0) is 15.5. The number of thiocarbonyl (C=S) groups is 1. The van der Waals surface area contributed by atoms with E-state index < -0.39 is 15.8 Å². The number of halogens is 1. The minimum absolute atomic E-state index is 0.00356. The number of benzene rings is 1. The predicted molar refractivity (Wildman–Crippen MR) is 81.6 cm³/mol. The molecule has 0 aromatic heterocycles. The van der Waals surface area contributed by atoms with E-state index >= 15 is 0 Å². The summed E-state index contributed by atoms with van der Waals surface area (Å²) in [5.74, 6) is -0.622. The number of nitrogens with zero attached hydrogens (tertiary/aromatic N) is 1. The molecule has 2 N–H and O–H groups in total. The first-order valence-electron chi connectivity index (χ1n) is 6.36. The van der Waals surface area contributed by atoms with Gasteiger partial charge in [0.15, 0.2) is 0 Å². The van der Waals surface area contributed by atoms with Crippen LogP contribution in [0.1, 0.15) is 32.8 Å². The zero-order valence-electron chi connectivity index (χ0n) is 11.8. The first-order chi connectivity index (χ1) is 9.25. The Balaban J connectivity index is 3.35. The van der Waals surface area contributed by atoms with Crippen LogP contribution in [0.15, 0.2) is 23.1 Å². The molecule has 0 spiro atoms. The molecular formula is C13H19FN2O2S2. The molecule has 4 nitrogen and oxygen atoms in total. The van der Waals surface area contributed by atoms with E-state index in [0.717, 1.165) is 6.07 Å². The van der Waals surface area contributed by atoms with Gasteiger partial charge < -0.3 is 5.73 Å². The minimum Gasteiger partial charge on any atom is -0.389 e. The lowest BCUT2D eigenvalue weighted by Crippen LogP contribution is -2.38. The highest BCUT2D eigenvalue weighted by atomic mass is 32.2. The van der Waals surface area contributed by atoms with Crippen LogP contribution in [0.2, 0.25) is 0 Å². The SMILES string of the molecule is CCC(C)N(CC)S(=O)(=O)c1ccc(F)c(C(N)=S)c1. The summed E-state index contributed by atoms with van der Waals surface area (Å²) in [6.07, 6.45) is 0.691. The zero-order valence-corrected chi connectivity index (χ0v) is 13.4. The highest BCUT2D eigenvalue weighted by Crippen LogP contribution is 2.21. The molecular weight excluding hydrogens is 299 g/mol. The minimum atomic E-state index is -3.68. The third kappa shape index (κ3) is 3.34. The number of hydrogen-bond donors (Lipinski definition) is 1. The average Bonchev–Trinajstić information content (AvgIpc) is 2.38. The summed E-state index contributed by atoms with van der Waals surface area (Å²) in [7, 11) is -3.68. The molecule has 1 unspecified atom stereocenters. The van der Waals surface area contributed by atoms with Gasteiger partial charge in [-0.1, -0.05) is 26.1 Å².